The minimum atomic E-state index is -0.471. The molecule has 18 heavy (non-hydrogen) atoms. The van der Waals surface area contributed by atoms with Crippen LogP contribution in [0, 0.1) is 15.5 Å². The van der Waals surface area contributed by atoms with Crippen LogP contribution in [0.1, 0.15) is 27.2 Å². The molecule has 0 aliphatic heterocycles. The van der Waals surface area contributed by atoms with E-state index < -0.39 is 4.92 Å². The van der Waals surface area contributed by atoms with Gasteiger partial charge in [0.05, 0.1) is 15.0 Å². The van der Waals surface area contributed by atoms with Crippen LogP contribution in [-0.4, -0.2) is 11.5 Å². The van der Waals surface area contributed by atoms with E-state index in [0.717, 1.165) is 6.42 Å². The summed E-state index contributed by atoms with van der Waals surface area (Å²) in [5, 5.41) is 14.4. The molecular weight excluding hydrogens is 275 g/mol. The molecule has 4 nitrogen and oxygen atoms in total. The Balaban J connectivity index is 2.87. The third-order valence-corrected chi connectivity index (χ3v) is 3.15. The number of nitrogens with zero attached hydrogens (tertiary/aromatic N) is 1. The molecule has 0 aliphatic carbocycles. The van der Waals surface area contributed by atoms with Crippen LogP contribution < -0.4 is 5.32 Å². The Kier molecular flexibility index (Phi) is 4.82. The molecule has 0 heterocycles. The van der Waals surface area contributed by atoms with Crippen LogP contribution in [0.2, 0.25) is 10.0 Å². The molecule has 0 atom stereocenters. The minimum absolute atomic E-state index is 0.0571. The van der Waals surface area contributed by atoms with Crippen LogP contribution in [0.15, 0.2) is 12.1 Å². The van der Waals surface area contributed by atoms with Gasteiger partial charge in [0.25, 0.3) is 5.69 Å². The molecule has 0 radical (unpaired) electrons. The molecule has 0 amide bonds. The molecule has 1 aromatic carbocycles. The van der Waals surface area contributed by atoms with Crippen molar-refractivity contribution in [3.8, 4) is 0 Å². The maximum Gasteiger partial charge on any atom is 0.293 e. The predicted molar refractivity (Wildman–Crippen MR) is 75.7 cm³/mol. The molecular formula is C12H16Cl2N2O2. The fourth-order valence-corrected chi connectivity index (χ4v) is 1.72. The Morgan fingerprint density at radius 1 is 1.28 bits per heavy atom. The number of hydrogen-bond donors (Lipinski definition) is 1. The predicted octanol–water partition coefficient (Wildman–Crippen LogP) is 4.75. The first-order valence-electron chi connectivity index (χ1n) is 5.58. The maximum absolute atomic E-state index is 10.9. The van der Waals surface area contributed by atoms with E-state index in [4.69, 9.17) is 23.2 Å². The monoisotopic (exact) mass is 290 g/mol. The first-order valence-corrected chi connectivity index (χ1v) is 6.33. The van der Waals surface area contributed by atoms with E-state index >= 15 is 0 Å². The van der Waals surface area contributed by atoms with E-state index in [0.29, 0.717) is 17.3 Å². The summed E-state index contributed by atoms with van der Waals surface area (Å²) in [6.07, 6.45) is 0.893. The van der Waals surface area contributed by atoms with Gasteiger partial charge in [-0.05, 0) is 17.9 Å². The number of hydrogen-bond acceptors (Lipinski definition) is 3. The Morgan fingerprint density at radius 3 is 2.33 bits per heavy atom. The Labute approximate surface area is 116 Å². The summed E-state index contributed by atoms with van der Waals surface area (Å²) in [7, 11) is 0. The Morgan fingerprint density at radius 2 is 1.83 bits per heavy atom. The maximum atomic E-state index is 10.9. The average Bonchev–Trinajstić information content (AvgIpc) is 2.20. The Bertz CT molecular complexity index is 456. The summed E-state index contributed by atoms with van der Waals surface area (Å²) >= 11 is 11.6. The van der Waals surface area contributed by atoms with Gasteiger partial charge in [-0.15, -0.1) is 0 Å². The van der Waals surface area contributed by atoms with Gasteiger partial charge in [-0.3, -0.25) is 10.1 Å². The first-order chi connectivity index (χ1) is 8.20. The summed E-state index contributed by atoms with van der Waals surface area (Å²) in [5.41, 5.74) is 0.509. The standard InChI is InChI=1S/C12H16Cl2N2O2/c1-12(2,3)4-5-15-10-6-8(13)9(14)7-11(10)16(17)18/h6-7,15H,4-5H2,1-3H3. The number of nitrogens with one attached hydrogen (secondary N) is 1. The molecule has 6 heteroatoms. The molecule has 0 bridgehead atoms. The van der Waals surface area contributed by atoms with Gasteiger partial charge in [0.2, 0.25) is 0 Å². The van der Waals surface area contributed by atoms with Crippen molar-refractivity contribution in [2.75, 3.05) is 11.9 Å². The Hall–Kier alpha value is -1.00. The molecule has 0 unspecified atom stereocenters. The summed E-state index contributed by atoms with van der Waals surface area (Å²) < 4.78 is 0. The summed E-state index contributed by atoms with van der Waals surface area (Å²) in [5.74, 6) is 0. The molecule has 100 valence electrons. The van der Waals surface area contributed by atoms with E-state index in [1.54, 1.807) is 0 Å². The fraction of sp³-hybridized carbons (Fsp3) is 0.500. The molecule has 0 aromatic heterocycles. The summed E-state index contributed by atoms with van der Waals surface area (Å²) in [6, 6.07) is 2.76. The van der Waals surface area contributed by atoms with Crippen LogP contribution in [0.4, 0.5) is 11.4 Å². The zero-order valence-corrected chi connectivity index (χ0v) is 12.1. The molecule has 0 saturated heterocycles. The zero-order chi connectivity index (χ0) is 13.9. The number of benzene rings is 1. The van der Waals surface area contributed by atoms with Gasteiger partial charge in [-0.1, -0.05) is 44.0 Å². The summed E-state index contributed by atoms with van der Waals surface area (Å²) in [6.45, 7) is 6.97. The highest BCUT2D eigenvalue weighted by Crippen LogP contribution is 2.34. The molecule has 0 spiro atoms. The third kappa shape index (κ3) is 4.35. The lowest BCUT2D eigenvalue weighted by Gasteiger charge is -2.18. The smallest absolute Gasteiger partial charge is 0.293 e. The van der Waals surface area contributed by atoms with Gasteiger partial charge in [0.1, 0.15) is 5.69 Å². The van der Waals surface area contributed by atoms with Crippen molar-refractivity contribution in [1.29, 1.82) is 0 Å². The van der Waals surface area contributed by atoms with Gasteiger partial charge < -0.3 is 5.32 Å². The molecule has 0 saturated carbocycles. The van der Waals surface area contributed by atoms with Crippen molar-refractivity contribution in [1.82, 2.24) is 0 Å². The van der Waals surface area contributed by atoms with Crippen molar-refractivity contribution in [2.24, 2.45) is 5.41 Å². The molecule has 0 fully saturated rings. The van der Waals surface area contributed by atoms with E-state index in [1.165, 1.54) is 12.1 Å². The van der Waals surface area contributed by atoms with Crippen molar-refractivity contribution in [3.05, 3.63) is 32.3 Å². The topological polar surface area (TPSA) is 55.2 Å². The van der Waals surface area contributed by atoms with Gasteiger partial charge >= 0.3 is 0 Å². The number of nitro benzene ring substituents is 1. The van der Waals surface area contributed by atoms with Gasteiger partial charge in [-0.2, -0.15) is 0 Å². The number of halogens is 2. The largest absolute Gasteiger partial charge is 0.379 e. The number of rotatable bonds is 4. The normalized spacial score (nSPS) is 11.4. The van der Waals surface area contributed by atoms with Crippen LogP contribution >= 0.6 is 23.2 Å². The lowest BCUT2D eigenvalue weighted by Crippen LogP contribution is -2.13. The van der Waals surface area contributed by atoms with Crippen molar-refractivity contribution in [2.45, 2.75) is 27.2 Å². The van der Waals surface area contributed by atoms with Gasteiger partial charge in [0, 0.05) is 12.6 Å². The molecule has 0 aliphatic rings. The second-order valence-electron chi connectivity index (χ2n) is 5.28. The van der Waals surface area contributed by atoms with Crippen LogP contribution in [0.5, 0.6) is 0 Å². The highest BCUT2D eigenvalue weighted by molar-refractivity contribution is 6.42. The lowest BCUT2D eigenvalue weighted by molar-refractivity contribution is -0.383. The zero-order valence-electron chi connectivity index (χ0n) is 10.6. The number of anilines is 1. The number of nitro groups is 1. The van der Waals surface area contributed by atoms with Crippen LogP contribution in [0.3, 0.4) is 0 Å². The molecule has 1 rings (SSSR count). The van der Waals surface area contributed by atoms with Crippen LogP contribution in [0.25, 0.3) is 0 Å². The van der Waals surface area contributed by atoms with Crippen molar-refractivity contribution in [3.63, 3.8) is 0 Å². The van der Waals surface area contributed by atoms with Crippen LogP contribution in [-0.2, 0) is 0 Å². The van der Waals surface area contributed by atoms with Crippen molar-refractivity contribution < 1.29 is 4.92 Å². The third-order valence-electron chi connectivity index (χ3n) is 2.43. The van der Waals surface area contributed by atoms with E-state index in [9.17, 15) is 10.1 Å². The highest BCUT2D eigenvalue weighted by Gasteiger charge is 2.17. The van der Waals surface area contributed by atoms with Crippen molar-refractivity contribution >= 4 is 34.6 Å². The fourth-order valence-electron chi connectivity index (χ4n) is 1.40. The van der Waals surface area contributed by atoms with Gasteiger partial charge in [-0.25, -0.2) is 0 Å². The van der Waals surface area contributed by atoms with Gasteiger partial charge in [0.15, 0.2) is 0 Å². The second-order valence-corrected chi connectivity index (χ2v) is 6.09. The van der Waals surface area contributed by atoms with E-state index in [-0.39, 0.29) is 16.1 Å². The first kappa shape index (κ1) is 15.1. The van der Waals surface area contributed by atoms with E-state index in [2.05, 4.69) is 26.1 Å². The molecule has 1 N–H and O–H groups in total. The summed E-state index contributed by atoms with van der Waals surface area (Å²) in [4.78, 5) is 10.4. The second kappa shape index (κ2) is 5.76. The quantitative estimate of drug-likeness (QED) is 0.643. The van der Waals surface area contributed by atoms with E-state index in [1.807, 2.05) is 0 Å². The SMILES string of the molecule is CC(C)(C)CCNc1cc(Cl)c(Cl)cc1[N+](=O)[O-]. The highest BCUT2D eigenvalue weighted by atomic mass is 35.5. The average molecular weight is 291 g/mol. The molecule has 1 aromatic rings. The lowest BCUT2D eigenvalue weighted by atomic mass is 9.92. The minimum Gasteiger partial charge on any atom is -0.379 e.